The van der Waals surface area contributed by atoms with Crippen LogP contribution in [0, 0.1) is 0 Å². The van der Waals surface area contributed by atoms with Gasteiger partial charge in [-0.1, -0.05) is 25.1 Å². The summed E-state index contributed by atoms with van der Waals surface area (Å²) in [6.07, 6.45) is 2.85. The van der Waals surface area contributed by atoms with Crippen LogP contribution in [0.4, 0.5) is 0 Å². The number of hydrogen-bond acceptors (Lipinski definition) is 2. The molecule has 1 aromatic heterocycles. The van der Waals surface area contributed by atoms with Gasteiger partial charge in [-0.2, -0.15) is 0 Å². The van der Waals surface area contributed by atoms with E-state index < -0.39 is 0 Å². The topological polar surface area (TPSA) is 60.0 Å². The van der Waals surface area contributed by atoms with Crippen LogP contribution < -0.4 is 11.1 Å². The molecule has 4 nitrogen and oxygen atoms in total. The third-order valence-electron chi connectivity index (χ3n) is 3.77. The van der Waals surface area contributed by atoms with Gasteiger partial charge in [0.1, 0.15) is 6.54 Å². The third kappa shape index (κ3) is 3.02. The number of nitrogens with one attached hydrogen (secondary N) is 1. The SMILES string of the molecule is CCC(C)(C)NC(=O)Cn1ccc2cccc(CN)c21. The fourth-order valence-electron chi connectivity index (χ4n) is 2.30. The summed E-state index contributed by atoms with van der Waals surface area (Å²) in [4.78, 5) is 12.2. The van der Waals surface area contributed by atoms with Crippen LogP contribution in [0.2, 0.25) is 0 Å². The molecule has 1 heterocycles. The molecule has 0 bridgehead atoms. The van der Waals surface area contributed by atoms with Crippen molar-refractivity contribution in [3.8, 4) is 0 Å². The molecular formula is C16H23N3O. The quantitative estimate of drug-likeness (QED) is 0.879. The molecule has 0 aliphatic carbocycles. The molecule has 0 atom stereocenters. The first-order valence-corrected chi connectivity index (χ1v) is 7.04. The number of carbonyl (C=O) groups excluding carboxylic acids is 1. The van der Waals surface area contributed by atoms with Gasteiger partial charge in [-0.3, -0.25) is 4.79 Å². The zero-order valence-corrected chi connectivity index (χ0v) is 12.4. The van der Waals surface area contributed by atoms with Gasteiger partial charge in [0.25, 0.3) is 0 Å². The van der Waals surface area contributed by atoms with Crippen LogP contribution in [0.25, 0.3) is 10.9 Å². The van der Waals surface area contributed by atoms with Crippen molar-refractivity contribution in [3.63, 3.8) is 0 Å². The molecule has 0 spiro atoms. The van der Waals surface area contributed by atoms with E-state index in [1.807, 2.05) is 48.9 Å². The summed E-state index contributed by atoms with van der Waals surface area (Å²) in [5.41, 5.74) is 7.73. The first kappa shape index (κ1) is 14.6. The first-order chi connectivity index (χ1) is 9.46. The molecule has 3 N–H and O–H groups in total. The van der Waals surface area contributed by atoms with Crippen LogP contribution in [-0.2, 0) is 17.9 Å². The van der Waals surface area contributed by atoms with Gasteiger partial charge < -0.3 is 15.6 Å². The minimum Gasteiger partial charge on any atom is -0.350 e. The Morgan fingerprint density at radius 1 is 1.35 bits per heavy atom. The number of hydrogen-bond donors (Lipinski definition) is 2. The average Bonchev–Trinajstić information content (AvgIpc) is 2.81. The second kappa shape index (κ2) is 5.67. The Morgan fingerprint density at radius 3 is 2.75 bits per heavy atom. The Bertz CT molecular complexity index is 613. The smallest absolute Gasteiger partial charge is 0.240 e. The number of aromatic nitrogens is 1. The van der Waals surface area contributed by atoms with Crippen LogP contribution in [0.15, 0.2) is 30.5 Å². The van der Waals surface area contributed by atoms with Crippen LogP contribution in [0.1, 0.15) is 32.8 Å². The summed E-state index contributed by atoms with van der Waals surface area (Å²) in [6.45, 7) is 6.93. The van der Waals surface area contributed by atoms with E-state index in [-0.39, 0.29) is 11.4 Å². The number of rotatable bonds is 5. The highest BCUT2D eigenvalue weighted by Crippen LogP contribution is 2.20. The summed E-state index contributed by atoms with van der Waals surface area (Å²) in [7, 11) is 0. The minimum absolute atomic E-state index is 0.0289. The lowest BCUT2D eigenvalue weighted by Gasteiger charge is -2.24. The van der Waals surface area contributed by atoms with Crippen molar-refractivity contribution in [3.05, 3.63) is 36.0 Å². The van der Waals surface area contributed by atoms with Crippen LogP contribution in [0.5, 0.6) is 0 Å². The lowest BCUT2D eigenvalue weighted by Crippen LogP contribution is -2.44. The number of nitrogens with two attached hydrogens (primary N) is 1. The standard InChI is InChI=1S/C16H23N3O/c1-4-16(2,3)18-14(20)11-19-9-8-12-6-5-7-13(10-17)15(12)19/h5-9H,4,10-11,17H2,1-3H3,(H,18,20). The van der Waals surface area contributed by atoms with Gasteiger partial charge >= 0.3 is 0 Å². The van der Waals surface area contributed by atoms with E-state index in [9.17, 15) is 4.79 Å². The van der Waals surface area contributed by atoms with Gasteiger partial charge in [0.2, 0.25) is 5.91 Å². The molecule has 0 fully saturated rings. The highest BCUT2D eigenvalue weighted by molar-refractivity contribution is 5.86. The summed E-state index contributed by atoms with van der Waals surface area (Å²) in [5, 5.41) is 4.18. The average molecular weight is 273 g/mol. The van der Waals surface area contributed by atoms with Gasteiger partial charge in [-0.15, -0.1) is 0 Å². The number of benzene rings is 1. The van der Waals surface area contributed by atoms with Crippen molar-refractivity contribution in [1.82, 2.24) is 9.88 Å². The van der Waals surface area contributed by atoms with Gasteiger partial charge in [0.15, 0.2) is 0 Å². The van der Waals surface area contributed by atoms with E-state index in [4.69, 9.17) is 5.73 Å². The fraction of sp³-hybridized carbons (Fsp3) is 0.438. The Labute approximate surface area is 120 Å². The molecule has 0 unspecified atom stereocenters. The Morgan fingerprint density at radius 2 is 2.10 bits per heavy atom. The second-order valence-corrected chi connectivity index (χ2v) is 5.79. The number of amides is 1. The van der Waals surface area contributed by atoms with Gasteiger partial charge in [0.05, 0.1) is 5.52 Å². The molecule has 108 valence electrons. The Balaban J connectivity index is 2.24. The molecule has 1 amide bonds. The number of fused-ring (bicyclic) bond motifs is 1. The molecule has 0 aliphatic heterocycles. The molecule has 2 aromatic rings. The molecule has 0 radical (unpaired) electrons. The number of para-hydroxylation sites is 1. The van der Waals surface area contributed by atoms with Crippen LogP contribution in [0.3, 0.4) is 0 Å². The lowest BCUT2D eigenvalue weighted by atomic mass is 10.0. The maximum Gasteiger partial charge on any atom is 0.240 e. The van der Waals surface area contributed by atoms with E-state index in [2.05, 4.69) is 12.2 Å². The van der Waals surface area contributed by atoms with E-state index in [0.29, 0.717) is 13.1 Å². The minimum atomic E-state index is -0.170. The molecule has 20 heavy (non-hydrogen) atoms. The van der Waals surface area contributed by atoms with Gasteiger partial charge in [0, 0.05) is 18.3 Å². The monoisotopic (exact) mass is 273 g/mol. The van der Waals surface area contributed by atoms with E-state index >= 15 is 0 Å². The molecule has 0 saturated carbocycles. The molecule has 1 aromatic carbocycles. The predicted molar refractivity (Wildman–Crippen MR) is 82.3 cm³/mol. The predicted octanol–water partition coefficient (Wildman–Crippen LogP) is 2.40. The summed E-state index contributed by atoms with van der Waals surface area (Å²) < 4.78 is 1.97. The highest BCUT2D eigenvalue weighted by Gasteiger charge is 2.18. The van der Waals surface area contributed by atoms with E-state index in [1.165, 1.54) is 0 Å². The number of nitrogens with zero attached hydrogens (tertiary/aromatic N) is 1. The largest absolute Gasteiger partial charge is 0.350 e. The zero-order chi connectivity index (χ0) is 14.8. The van der Waals surface area contributed by atoms with Crippen molar-refractivity contribution in [2.75, 3.05) is 0 Å². The van der Waals surface area contributed by atoms with Crippen molar-refractivity contribution < 1.29 is 4.79 Å². The lowest BCUT2D eigenvalue weighted by molar-refractivity contribution is -0.123. The van der Waals surface area contributed by atoms with Crippen molar-refractivity contribution in [1.29, 1.82) is 0 Å². The van der Waals surface area contributed by atoms with Gasteiger partial charge in [-0.25, -0.2) is 0 Å². The highest BCUT2D eigenvalue weighted by atomic mass is 16.2. The van der Waals surface area contributed by atoms with E-state index in [1.54, 1.807) is 0 Å². The molecule has 0 saturated heterocycles. The summed E-state index contributed by atoms with van der Waals surface area (Å²) in [5.74, 6) is 0.0289. The second-order valence-electron chi connectivity index (χ2n) is 5.79. The van der Waals surface area contributed by atoms with E-state index in [0.717, 1.165) is 22.9 Å². The molecule has 2 rings (SSSR count). The van der Waals surface area contributed by atoms with Crippen molar-refractivity contribution >= 4 is 16.8 Å². The summed E-state index contributed by atoms with van der Waals surface area (Å²) in [6, 6.07) is 8.06. The van der Waals surface area contributed by atoms with Gasteiger partial charge in [-0.05, 0) is 37.3 Å². The molecular weight excluding hydrogens is 250 g/mol. The number of carbonyl (C=O) groups is 1. The third-order valence-corrected chi connectivity index (χ3v) is 3.77. The van der Waals surface area contributed by atoms with Crippen molar-refractivity contribution in [2.45, 2.75) is 45.8 Å². The molecule has 4 heteroatoms. The van der Waals surface area contributed by atoms with Crippen LogP contribution in [-0.4, -0.2) is 16.0 Å². The fourth-order valence-corrected chi connectivity index (χ4v) is 2.30. The Hall–Kier alpha value is -1.81. The summed E-state index contributed by atoms with van der Waals surface area (Å²) >= 11 is 0. The maximum absolute atomic E-state index is 12.2. The Kier molecular flexibility index (Phi) is 4.14. The van der Waals surface area contributed by atoms with Crippen molar-refractivity contribution in [2.24, 2.45) is 5.73 Å². The normalized spacial score (nSPS) is 11.8. The van der Waals surface area contributed by atoms with Crippen LogP contribution >= 0.6 is 0 Å². The maximum atomic E-state index is 12.2. The molecule has 0 aliphatic rings. The first-order valence-electron chi connectivity index (χ1n) is 7.04. The zero-order valence-electron chi connectivity index (χ0n) is 12.4.